The Morgan fingerprint density at radius 1 is 1.47 bits per heavy atom. The van der Waals surface area contributed by atoms with Gasteiger partial charge in [-0.3, -0.25) is 0 Å². The van der Waals surface area contributed by atoms with Crippen molar-refractivity contribution in [3.63, 3.8) is 0 Å². The summed E-state index contributed by atoms with van der Waals surface area (Å²) in [5, 5.41) is 11.4. The first-order valence-electron chi connectivity index (χ1n) is 5.07. The third-order valence-electron chi connectivity index (χ3n) is 1.52. The second kappa shape index (κ2) is 10.4. The fourth-order valence-corrected chi connectivity index (χ4v) is 0.803. The Morgan fingerprint density at radius 3 is 2.93 bits per heavy atom. The van der Waals surface area contributed by atoms with Gasteiger partial charge in [0, 0.05) is 12.6 Å². The normalized spacial score (nSPS) is 11.5. The van der Waals surface area contributed by atoms with E-state index in [-0.39, 0.29) is 0 Å². The van der Waals surface area contributed by atoms with Crippen LogP contribution < -0.4 is 5.43 Å². The molecule has 0 fully saturated rings. The van der Waals surface area contributed by atoms with Gasteiger partial charge in [0.15, 0.2) is 0 Å². The highest BCUT2D eigenvalue weighted by Crippen LogP contribution is 1.82. The molecule has 3 nitrogen and oxygen atoms in total. The first kappa shape index (κ1) is 13.4. The van der Waals surface area contributed by atoms with Crippen molar-refractivity contribution in [1.29, 1.82) is 5.41 Å². The van der Waals surface area contributed by atoms with Gasteiger partial charge >= 0.3 is 0 Å². The van der Waals surface area contributed by atoms with Crippen molar-refractivity contribution in [3.8, 4) is 0 Å². The highest BCUT2D eigenvalue weighted by Gasteiger charge is 1.86. The number of hydrogen-bond acceptors (Lipinski definition) is 3. The summed E-state index contributed by atoms with van der Waals surface area (Å²) in [6.07, 6.45) is 12.8. The van der Waals surface area contributed by atoms with Gasteiger partial charge in [0.1, 0.15) is 0 Å². The molecule has 0 amide bonds. The number of rotatable bonds is 8. The Morgan fingerprint density at radius 2 is 2.27 bits per heavy atom. The summed E-state index contributed by atoms with van der Waals surface area (Å²) in [6.45, 7) is 6.08. The third kappa shape index (κ3) is 10.3. The zero-order valence-corrected chi connectivity index (χ0v) is 9.24. The van der Waals surface area contributed by atoms with Crippen LogP contribution in [-0.2, 0) is 0 Å². The van der Waals surface area contributed by atoms with E-state index in [1.54, 1.807) is 18.4 Å². The number of nitrogens with zero attached hydrogens (tertiary/aromatic N) is 1. The van der Waals surface area contributed by atoms with E-state index in [1.807, 2.05) is 25.2 Å². The lowest BCUT2D eigenvalue weighted by Crippen LogP contribution is -2.15. The molecule has 0 saturated carbocycles. The second-order valence-corrected chi connectivity index (χ2v) is 2.88. The van der Waals surface area contributed by atoms with E-state index in [0.29, 0.717) is 12.3 Å². The van der Waals surface area contributed by atoms with Gasteiger partial charge in [-0.25, -0.2) is 0 Å². The maximum absolute atomic E-state index is 7.49. The molecule has 0 aliphatic heterocycles. The van der Waals surface area contributed by atoms with Crippen LogP contribution in [0.1, 0.15) is 19.8 Å². The lowest BCUT2D eigenvalue weighted by atomic mass is 10.3. The predicted octanol–water partition coefficient (Wildman–Crippen LogP) is 2.68. The first-order chi connectivity index (χ1) is 7.31. The molecule has 3 heteroatoms. The lowest BCUT2D eigenvalue weighted by molar-refractivity contribution is 0.848. The average molecular weight is 205 g/mol. The van der Waals surface area contributed by atoms with Crippen LogP contribution in [0.2, 0.25) is 0 Å². The molecular weight excluding hydrogens is 186 g/mol. The van der Waals surface area contributed by atoms with Crippen LogP contribution in [-0.4, -0.2) is 18.5 Å². The Hall–Kier alpha value is -1.64. The molecule has 0 aromatic heterocycles. The molecule has 0 atom stereocenters. The van der Waals surface area contributed by atoms with Gasteiger partial charge in [0.25, 0.3) is 0 Å². The molecule has 15 heavy (non-hydrogen) atoms. The van der Waals surface area contributed by atoms with Crippen LogP contribution in [0, 0.1) is 5.41 Å². The van der Waals surface area contributed by atoms with Crippen molar-refractivity contribution in [2.45, 2.75) is 19.8 Å². The number of hydrogen-bond donors (Lipinski definition) is 2. The zero-order valence-electron chi connectivity index (χ0n) is 9.24. The summed E-state index contributed by atoms with van der Waals surface area (Å²) in [6, 6.07) is 0. The lowest BCUT2D eigenvalue weighted by Gasteiger charge is -1.96. The monoisotopic (exact) mass is 205 g/mol. The van der Waals surface area contributed by atoms with Crippen molar-refractivity contribution in [2.24, 2.45) is 5.10 Å². The summed E-state index contributed by atoms with van der Waals surface area (Å²) in [5.41, 5.74) is 3.34. The largest absolute Gasteiger partial charge is 0.304 e. The third-order valence-corrected chi connectivity index (χ3v) is 1.52. The van der Waals surface area contributed by atoms with Gasteiger partial charge in [-0.05, 0) is 12.5 Å². The zero-order chi connectivity index (χ0) is 11.4. The molecule has 0 rings (SSSR count). The topological polar surface area (TPSA) is 48.2 Å². The molecule has 0 saturated heterocycles. The number of allylic oxidation sites excluding steroid dienone is 4. The summed E-state index contributed by atoms with van der Waals surface area (Å²) in [7, 11) is 0. The molecular formula is C12H19N3. The van der Waals surface area contributed by atoms with Crippen molar-refractivity contribution < 1.29 is 0 Å². The van der Waals surface area contributed by atoms with E-state index in [9.17, 15) is 0 Å². The number of hydrazone groups is 1. The molecule has 0 aromatic rings. The molecule has 0 spiro atoms. The highest BCUT2D eigenvalue weighted by atomic mass is 15.3. The highest BCUT2D eigenvalue weighted by molar-refractivity contribution is 5.93. The summed E-state index contributed by atoms with van der Waals surface area (Å²) < 4.78 is 0. The standard InChI is InChI=1S/C12H19N3/c1-3-5-7-8-10-14-15-11-12(13)9-6-4-2/h3,5-7,9-10,13,15H,1,4,8,11H2,2H3/b7-5-,9-6-,13-12?,14-10-. The van der Waals surface area contributed by atoms with Gasteiger partial charge in [-0.1, -0.05) is 37.8 Å². The minimum absolute atomic E-state index is 0.470. The average Bonchev–Trinajstić information content (AvgIpc) is 2.25. The van der Waals surface area contributed by atoms with Gasteiger partial charge in [-0.2, -0.15) is 5.10 Å². The van der Waals surface area contributed by atoms with Crippen molar-refractivity contribution >= 4 is 11.9 Å². The predicted molar refractivity (Wildman–Crippen MR) is 67.6 cm³/mol. The Labute approximate surface area is 91.8 Å². The molecule has 0 bridgehead atoms. The molecule has 0 unspecified atom stereocenters. The quantitative estimate of drug-likeness (QED) is 0.357. The Balaban J connectivity index is 3.52. The van der Waals surface area contributed by atoms with Crippen molar-refractivity contribution in [3.05, 3.63) is 37.0 Å². The molecule has 0 heterocycles. The fourth-order valence-electron chi connectivity index (χ4n) is 0.803. The van der Waals surface area contributed by atoms with Crippen molar-refractivity contribution in [1.82, 2.24) is 5.43 Å². The Kier molecular flexibility index (Phi) is 9.30. The Bertz CT molecular complexity index is 262. The van der Waals surface area contributed by atoms with E-state index in [4.69, 9.17) is 5.41 Å². The van der Waals surface area contributed by atoms with Gasteiger partial charge < -0.3 is 10.8 Å². The summed E-state index contributed by atoms with van der Waals surface area (Å²) in [4.78, 5) is 0. The van der Waals surface area contributed by atoms with E-state index in [1.165, 1.54) is 0 Å². The van der Waals surface area contributed by atoms with Crippen molar-refractivity contribution in [2.75, 3.05) is 6.54 Å². The fraction of sp³-hybridized carbons (Fsp3) is 0.333. The minimum atomic E-state index is 0.470. The summed E-state index contributed by atoms with van der Waals surface area (Å²) >= 11 is 0. The van der Waals surface area contributed by atoms with Crippen LogP contribution in [0.4, 0.5) is 0 Å². The summed E-state index contributed by atoms with van der Waals surface area (Å²) in [5.74, 6) is 0. The van der Waals surface area contributed by atoms with Crippen LogP contribution in [0.5, 0.6) is 0 Å². The van der Waals surface area contributed by atoms with E-state index >= 15 is 0 Å². The van der Waals surface area contributed by atoms with E-state index < -0.39 is 0 Å². The number of nitrogens with one attached hydrogen (secondary N) is 2. The van der Waals surface area contributed by atoms with Crippen LogP contribution in [0.3, 0.4) is 0 Å². The van der Waals surface area contributed by atoms with Crippen LogP contribution in [0.25, 0.3) is 0 Å². The van der Waals surface area contributed by atoms with Crippen LogP contribution >= 0.6 is 0 Å². The molecule has 0 radical (unpaired) electrons. The van der Waals surface area contributed by atoms with Crippen LogP contribution in [0.15, 0.2) is 42.1 Å². The minimum Gasteiger partial charge on any atom is -0.304 e. The van der Waals surface area contributed by atoms with Gasteiger partial charge in [0.2, 0.25) is 0 Å². The van der Waals surface area contributed by atoms with E-state index in [0.717, 1.165) is 12.8 Å². The first-order valence-corrected chi connectivity index (χ1v) is 5.07. The second-order valence-electron chi connectivity index (χ2n) is 2.88. The maximum atomic E-state index is 7.49. The maximum Gasteiger partial charge on any atom is 0.0744 e. The molecule has 82 valence electrons. The molecule has 0 aliphatic carbocycles. The van der Waals surface area contributed by atoms with Gasteiger partial charge in [0.05, 0.1) is 12.3 Å². The molecule has 2 N–H and O–H groups in total. The van der Waals surface area contributed by atoms with E-state index in [2.05, 4.69) is 17.1 Å². The SMILES string of the molecule is C=C/C=C\C/C=N\NCC(=N)/C=C\CC. The molecule has 0 aliphatic rings. The smallest absolute Gasteiger partial charge is 0.0744 e. The van der Waals surface area contributed by atoms with Gasteiger partial charge in [-0.15, -0.1) is 0 Å². The molecule has 0 aromatic carbocycles.